The van der Waals surface area contributed by atoms with E-state index >= 15 is 0 Å². The number of rotatable bonds is 7. The Morgan fingerprint density at radius 3 is 2.24 bits per heavy atom. The van der Waals surface area contributed by atoms with Gasteiger partial charge in [0.25, 0.3) is 0 Å². The molecule has 0 unspecified atom stereocenters. The highest BCUT2D eigenvalue weighted by atomic mass is 32.2. The summed E-state index contributed by atoms with van der Waals surface area (Å²) in [5.74, 6) is -0.318. The Kier molecular flexibility index (Phi) is 6.20. The highest BCUT2D eigenvalue weighted by molar-refractivity contribution is 7.92. The first-order valence-electron chi connectivity index (χ1n) is 8.17. The molecule has 134 valence electrons. The molecule has 5 nitrogen and oxygen atoms in total. The van der Waals surface area contributed by atoms with E-state index in [0.717, 1.165) is 21.7 Å². The van der Waals surface area contributed by atoms with Crippen molar-refractivity contribution in [2.24, 2.45) is 0 Å². The summed E-state index contributed by atoms with van der Waals surface area (Å²) in [4.78, 5) is 12.4. The fourth-order valence-electron chi connectivity index (χ4n) is 2.62. The summed E-state index contributed by atoms with van der Waals surface area (Å²) >= 11 is 0. The molecule has 0 aromatic heterocycles. The maximum absolute atomic E-state index is 12.4. The fraction of sp³-hybridized carbons (Fsp3) is 0.316. The molecule has 2 rings (SSSR count). The molecule has 2 aromatic rings. The van der Waals surface area contributed by atoms with E-state index in [1.807, 2.05) is 49.4 Å². The monoisotopic (exact) mass is 360 g/mol. The van der Waals surface area contributed by atoms with Crippen LogP contribution in [0.4, 0.5) is 5.69 Å². The molecule has 0 aliphatic rings. The van der Waals surface area contributed by atoms with Crippen molar-refractivity contribution in [1.29, 1.82) is 0 Å². The maximum Gasteiger partial charge on any atom is 0.243 e. The molecule has 1 atom stereocenters. The standard InChI is InChI=1S/C19H24N2O3S/c1-15-9-11-18(12-10-15)21(25(3,23)24)16(2)19(22)20-14-13-17-7-5-4-6-8-17/h4-12,16H,13-14H2,1-3H3,(H,20,22)/t16-/m1/s1. The molecule has 1 amide bonds. The molecule has 25 heavy (non-hydrogen) atoms. The van der Waals surface area contributed by atoms with Crippen molar-refractivity contribution < 1.29 is 13.2 Å². The lowest BCUT2D eigenvalue weighted by Gasteiger charge is -2.28. The molecule has 0 bridgehead atoms. The SMILES string of the molecule is Cc1ccc(N([C@H](C)C(=O)NCCc2ccccc2)S(C)(=O)=O)cc1. The van der Waals surface area contributed by atoms with Crippen LogP contribution in [-0.4, -0.2) is 33.2 Å². The second kappa shape index (κ2) is 8.16. The van der Waals surface area contributed by atoms with E-state index in [2.05, 4.69) is 5.32 Å². The van der Waals surface area contributed by atoms with Gasteiger partial charge in [-0.2, -0.15) is 0 Å². The van der Waals surface area contributed by atoms with Crippen LogP contribution in [0.1, 0.15) is 18.1 Å². The minimum atomic E-state index is -3.58. The van der Waals surface area contributed by atoms with Crippen LogP contribution in [0.25, 0.3) is 0 Å². The Morgan fingerprint density at radius 1 is 1.08 bits per heavy atom. The van der Waals surface area contributed by atoms with Gasteiger partial charge in [0.05, 0.1) is 11.9 Å². The fourth-order valence-corrected chi connectivity index (χ4v) is 3.80. The van der Waals surface area contributed by atoms with E-state index < -0.39 is 16.1 Å². The van der Waals surface area contributed by atoms with E-state index in [1.165, 1.54) is 0 Å². The van der Waals surface area contributed by atoms with Crippen molar-refractivity contribution in [1.82, 2.24) is 5.32 Å². The van der Waals surface area contributed by atoms with Crippen molar-refractivity contribution in [3.63, 3.8) is 0 Å². The van der Waals surface area contributed by atoms with Gasteiger partial charge < -0.3 is 5.32 Å². The lowest BCUT2D eigenvalue weighted by atomic mass is 10.1. The molecule has 0 heterocycles. The van der Waals surface area contributed by atoms with Gasteiger partial charge in [0.1, 0.15) is 6.04 Å². The Labute approximate surface area is 149 Å². The number of carbonyl (C=O) groups is 1. The molecular formula is C19H24N2O3S. The van der Waals surface area contributed by atoms with Gasteiger partial charge in [-0.1, -0.05) is 48.0 Å². The van der Waals surface area contributed by atoms with Crippen molar-refractivity contribution in [3.05, 3.63) is 65.7 Å². The predicted octanol–water partition coefficient (Wildman–Crippen LogP) is 2.51. The Balaban J connectivity index is 2.06. The predicted molar refractivity (Wildman–Crippen MR) is 101 cm³/mol. The third-order valence-corrected chi connectivity index (χ3v) is 5.17. The number of anilines is 1. The number of aryl methyl sites for hydroxylation is 1. The smallest absolute Gasteiger partial charge is 0.243 e. The summed E-state index contributed by atoms with van der Waals surface area (Å²) in [6.07, 6.45) is 1.81. The molecule has 2 aromatic carbocycles. The third-order valence-electron chi connectivity index (χ3n) is 3.93. The van der Waals surface area contributed by atoms with Crippen LogP contribution in [0.5, 0.6) is 0 Å². The number of sulfonamides is 1. The minimum Gasteiger partial charge on any atom is -0.354 e. The summed E-state index contributed by atoms with van der Waals surface area (Å²) in [7, 11) is -3.58. The molecule has 0 fully saturated rings. The zero-order valence-electron chi connectivity index (χ0n) is 14.8. The summed E-state index contributed by atoms with van der Waals surface area (Å²) in [5, 5.41) is 2.82. The Bertz CT molecular complexity index is 802. The van der Waals surface area contributed by atoms with Crippen LogP contribution in [-0.2, 0) is 21.2 Å². The van der Waals surface area contributed by atoms with Crippen LogP contribution < -0.4 is 9.62 Å². The summed E-state index contributed by atoms with van der Waals surface area (Å²) in [5.41, 5.74) is 2.63. The highest BCUT2D eigenvalue weighted by Crippen LogP contribution is 2.21. The van der Waals surface area contributed by atoms with Gasteiger partial charge in [0.2, 0.25) is 15.9 Å². The Morgan fingerprint density at radius 2 is 1.68 bits per heavy atom. The zero-order chi connectivity index (χ0) is 18.4. The molecule has 0 aliphatic heterocycles. The maximum atomic E-state index is 12.4. The van der Waals surface area contributed by atoms with Crippen molar-refractivity contribution in [3.8, 4) is 0 Å². The van der Waals surface area contributed by atoms with Crippen LogP contribution >= 0.6 is 0 Å². The quantitative estimate of drug-likeness (QED) is 0.825. The molecule has 0 saturated carbocycles. The number of amides is 1. The first-order valence-corrected chi connectivity index (χ1v) is 10.0. The lowest BCUT2D eigenvalue weighted by Crippen LogP contribution is -2.48. The normalized spacial score (nSPS) is 12.4. The molecule has 1 N–H and O–H groups in total. The summed E-state index contributed by atoms with van der Waals surface area (Å²) in [6.45, 7) is 3.98. The largest absolute Gasteiger partial charge is 0.354 e. The van der Waals surface area contributed by atoms with Crippen LogP contribution in [0.3, 0.4) is 0 Å². The number of nitrogens with zero attached hydrogens (tertiary/aromatic N) is 1. The van der Waals surface area contributed by atoms with Gasteiger partial charge in [0.15, 0.2) is 0 Å². The molecule has 6 heteroatoms. The highest BCUT2D eigenvalue weighted by Gasteiger charge is 2.28. The van der Waals surface area contributed by atoms with Crippen molar-refractivity contribution >= 4 is 21.6 Å². The second-order valence-corrected chi connectivity index (χ2v) is 7.96. The molecule has 0 radical (unpaired) electrons. The molecule has 0 saturated heterocycles. The Hall–Kier alpha value is -2.34. The number of carbonyl (C=O) groups excluding carboxylic acids is 1. The van der Waals surface area contributed by atoms with E-state index in [0.29, 0.717) is 18.7 Å². The number of nitrogens with one attached hydrogen (secondary N) is 1. The zero-order valence-corrected chi connectivity index (χ0v) is 15.6. The first-order chi connectivity index (χ1) is 11.8. The van der Waals surface area contributed by atoms with E-state index in [1.54, 1.807) is 19.1 Å². The summed E-state index contributed by atoms with van der Waals surface area (Å²) in [6, 6.07) is 16.1. The van der Waals surface area contributed by atoms with Crippen LogP contribution in [0, 0.1) is 6.92 Å². The van der Waals surface area contributed by atoms with Gasteiger partial charge in [-0.05, 0) is 38.0 Å². The first kappa shape index (κ1) is 19.0. The minimum absolute atomic E-state index is 0.318. The number of hydrogen-bond acceptors (Lipinski definition) is 3. The third kappa shape index (κ3) is 5.32. The average molecular weight is 360 g/mol. The van der Waals surface area contributed by atoms with Gasteiger partial charge in [-0.25, -0.2) is 8.42 Å². The topological polar surface area (TPSA) is 66.5 Å². The molecule has 0 aliphatic carbocycles. The van der Waals surface area contributed by atoms with Crippen LogP contribution in [0.15, 0.2) is 54.6 Å². The van der Waals surface area contributed by atoms with Gasteiger partial charge >= 0.3 is 0 Å². The van der Waals surface area contributed by atoms with Crippen molar-refractivity contribution in [2.75, 3.05) is 17.1 Å². The average Bonchev–Trinajstić information content (AvgIpc) is 2.56. The van der Waals surface area contributed by atoms with Gasteiger partial charge in [-0.3, -0.25) is 9.10 Å². The van der Waals surface area contributed by atoms with Crippen molar-refractivity contribution in [2.45, 2.75) is 26.3 Å². The second-order valence-electron chi connectivity index (χ2n) is 6.10. The van der Waals surface area contributed by atoms with E-state index in [9.17, 15) is 13.2 Å². The molecular weight excluding hydrogens is 336 g/mol. The van der Waals surface area contributed by atoms with Gasteiger partial charge in [-0.15, -0.1) is 0 Å². The van der Waals surface area contributed by atoms with Gasteiger partial charge in [0, 0.05) is 6.54 Å². The number of benzene rings is 2. The van der Waals surface area contributed by atoms with Crippen LogP contribution in [0.2, 0.25) is 0 Å². The summed E-state index contributed by atoms with van der Waals surface area (Å²) < 4.78 is 25.6. The lowest BCUT2D eigenvalue weighted by molar-refractivity contribution is -0.121. The molecule has 0 spiro atoms. The van der Waals surface area contributed by atoms with E-state index in [4.69, 9.17) is 0 Å². The van der Waals surface area contributed by atoms with E-state index in [-0.39, 0.29) is 5.91 Å². The number of hydrogen-bond donors (Lipinski definition) is 1.